The topological polar surface area (TPSA) is 50.9 Å². The summed E-state index contributed by atoms with van der Waals surface area (Å²) in [6, 6.07) is 5.28. The summed E-state index contributed by atoms with van der Waals surface area (Å²) in [5, 5.41) is 0. The van der Waals surface area contributed by atoms with Gasteiger partial charge in [-0.1, -0.05) is 0 Å². The molecule has 20 heavy (non-hydrogen) atoms. The standard InChI is InChI=1S/C14H14BrF2N3/c15-11-1-10(7-19-8-11)5-14(20-18)4-9-2-12(16)6-13(17)3-9/h1-3,6-8,14,20H,4-5,18H2. The molecule has 0 fully saturated rings. The van der Waals surface area contributed by atoms with E-state index >= 15 is 0 Å². The van der Waals surface area contributed by atoms with E-state index < -0.39 is 11.6 Å². The second-order valence-electron chi connectivity index (χ2n) is 4.56. The maximum Gasteiger partial charge on any atom is 0.126 e. The Morgan fingerprint density at radius 3 is 2.30 bits per heavy atom. The van der Waals surface area contributed by atoms with Crippen LogP contribution in [-0.4, -0.2) is 11.0 Å². The molecule has 0 amide bonds. The first-order chi connectivity index (χ1) is 9.56. The predicted octanol–water partition coefficient (Wildman–Crippen LogP) is 2.74. The number of nitrogens with one attached hydrogen (secondary N) is 1. The van der Waals surface area contributed by atoms with Crippen LogP contribution in [0.5, 0.6) is 0 Å². The monoisotopic (exact) mass is 341 g/mol. The van der Waals surface area contributed by atoms with E-state index in [0.717, 1.165) is 16.1 Å². The van der Waals surface area contributed by atoms with Gasteiger partial charge in [-0.15, -0.1) is 0 Å². The normalized spacial score (nSPS) is 12.4. The quantitative estimate of drug-likeness (QED) is 0.649. The van der Waals surface area contributed by atoms with Gasteiger partial charge in [0.05, 0.1) is 0 Å². The Balaban J connectivity index is 2.09. The van der Waals surface area contributed by atoms with Crippen molar-refractivity contribution >= 4 is 15.9 Å². The lowest BCUT2D eigenvalue weighted by Gasteiger charge is -2.16. The molecular formula is C14H14BrF2N3. The zero-order valence-electron chi connectivity index (χ0n) is 10.6. The van der Waals surface area contributed by atoms with Crippen LogP contribution in [0.4, 0.5) is 8.78 Å². The molecule has 0 aliphatic heterocycles. The Kier molecular flexibility index (Phi) is 5.17. The smallest absolute Gasteiger partial charge is 0.126 e. The molecule has 0 aliphatic rings. The third-order valence-corrected chi connectivity index (χ3v) is 3.32. The Labute approximate surface area is 124 Å². The van der Waals surface area contributed by atoms with Crippen LogP contribution in [0.3, 0.4) is 0 Å². The van der Waals surface area contributed by atoms with Crippen molar-refractivity contribution < 1.29 is 8.78 Å². The highest BCUT2D eigenvalue weighted by molar-refractivity contribution is 9.10. The second-order valence-corrected chi connectivity index (χ2v) is 5.48. The van der Waals surface area contributed by atoms with Gasteiger partial charge in [-0.2, -0.15) is 0 Å². The summed E-state index contributed by atoms with van der Waals surface area (Å²) in [5.74, 6) is 4.35. The van der Waals surface area contributed by atoms with Crippen molar-refractivity contribution in [3.05, 3.63) is 63.9 Å². The van der Waals surface area contributed by atoms with Crippen LogP contribution in [-0.2, 0) is 12.8 Å². The van der Waals surface area contributed by atoms with E-state index in [-0.39, 0.29) is 6.04 Å². The maximum absolute atomic E-state index is 13.2. The third-order valence-electron chi connectivity index (χ3n) is 2.88. The van der Waals surface area contributed by atoms with Gasteiger partial charge < -0.3 is 0 Å². The van der Waals surface area contributed by atoms with Gasteiger partial charge in [0.25, 0.3) is 0 Å². The Morgan fingerprint density at radius 2 is 1.70 bits per heavy atom. The highest BCUT2D eigenvalue weighted by Crippen LogP contribution is 2.14. The number of nitrogens with zero attached hydrogens (tertiary/aromatic N) is 1. The van der Waals surface area contributed by atoms with Crippen LogP contribution >= 0.6 is 15.9 Å². The minimum Gasteiger partial charge on any atom is -0.271 e. The van der Waals surface area contributed by atoms with E-state index in [0.29, 0.717) is 18.4 Å². The van der Waals surface area contributed by atoms with Crippen LogP contribution in [0.1, 0.15) is 11.1 Å². The van der Waals surface area contributed by atoms with E-state index in [1.165, 1.54) is 12.1 Å². The SMILES string of the molecule is NNC(Cc1cc(F)cc(F)c1)Cc1cncc(Br)c1. The number of rotatable bonds is 5. The van der Waals surface area contributed by atoms with Gasteiger partial charge in [-0.05, 0) is 58.1 Å². The van der Waals surface area contributed by atoms with E-state index in [2.05, 4.69) is 26.3 Å². The number of aromatic nitrogens is 1. The Hall–Kier alpha value is -1.37. The van der Waals surface area contributed by atoms with Gasteiger partial charge in [0, 0.05) is 29.0 Å². The molecule has 0 saturated heterocycles. The van der Waals surface area contributed by atoms with Gasteiger partial charge in [0.15, 0.2) is 0 Å². The molecule has 3 N–H and O–H groups in total. The fraction of sp³-hybridized carbons (Fsp3) is 0.214. The first-order valence-corrected chi connectivity index (χ1v) is 6.86. The summed E-state index contributed by atoms with van der Waals surface area (Å²) in [7, 11) is 0. The molecule has 0 aliphatic carbocycles. The molecule has 2 rings (SSSR count). The summed E-state index contributed by atoms with van der Waals surface area (Å²) in [6.07, 6.45) is 4.47. The van der Waals surface area contributed by atoms with Crippen molar-refractivity contribution in [2.45, 2.75) is 18.9 Å². The highest BCUT2D eigenvalue weighted by atomic mass is 79.9. The fourth-order valence-electron chi connectivity index (χ4n) is 2.06. The minimum absolute atomic E-state index is 0.132. The van der Waals surface area contributed by atoms with Crippen LogP contribution in [0.25, 0.3) is 0 Å². The summed E-state index contributed by atoms with van der Waals surface area (Å²) < 4.78 is 27.2. The molecule has 0 radical (unpaired) electrons. The lowest BCUT2D eigenvalue weighted by molar-refractivity contribution is 0.515. The summed E-state index contributed by atoms with van der Waals surface area (Å²) in [6.45, 7) is 0. The van der Waals surface area contributed by atoms with Crippen molar-refractivity contribution in [2.24, 2.45) is 5.84 Å². The number of halogens is 3. The van der Waals surface area contributed by atoms with E-state index in [4.69, 9.17) is 5.84 Å². The van der Waals surface area contributed by atoms with Crippen molar-refractivity contribution in [2.75, 3.05) is 0 Å². The number of benzene rings is 1. The van der Waals surface area contributed by atoms with Crippen LogP contribution in [0.2, 0.25) is 0 Å². The largest absolute Gasteiger partial charge is 0.271 e. The minimum atomic E-state index is -0.583. The molecule has 0 saturated carbocycles. The molecule has 0 spiro atoms. The van der Waals surface area contributed by atoms with Gasteiger partial charge >= 0.3 is 0 Å². The van der Waals surface area contributed by atoms with Crippen molar-refractivity contribution in [3.8, 4) is 0 Å². The summed E-state index contributed by atoms with van der Waals surface area (Å²) in [5.41, 5.74) is 4.22. The molecule has 1 atom stereocenters. The molecule has 1 aromatic heterocycles. The lowest BCUT2D eigenvalue weighted by Crippen LogP contribution is -2.38. The van der Waals surface area contributed by atoms with Gasteiger partial charge in [-0.25, -0.2) is 8.78 Å². The average Bonchev–Trinajstić information content (AvgIpc) is 2.36. The zero-order valence-corrected chi connectivity index (χ0v) is 12.2. The molecule has 1 unspecified atom stereocenters. The molecule has 6 heteroatoms. The molecule has 106 valence electrons. The molecule has 1 heterocycles. The van der Waals surface area contributed by atoms with Crippen molar-refractivity contribution in [1.29, 1.82) is 0 Å². The summed E-state index contributed by atoms with van der Waals surface area (Å²) >= 11 is 3.35. The number of pyridine rings is 1. The van der Waals surface area contributed by atoms with Crippen molar-refractivity contribution in [3.63, 3.8) is 0 Å². The van der Waals surface area contributed by atoms with Gasteiger partial charge in [0.2, 0.25) is 0 Å². The number of hydrogen-bond acceptors (Lipinski definition) is 3. The molecule has 2 aromatic rings. The number of hydrogen-bond donors (Lipinski definition) is 2. The fourth-order valence-corrected chi connectivity index (χ4v) is 2.47. The van der Waals surface area contributed by atoms with Crippen LogP contribution < -0.4 is 11.3 Å². The van der Waals surface area contributed by atoms with E-state index in [1.54, 1.807) is 12.4 Å². The predicted molar refractivity (Wildman–Crippen MR) is 76.8 cm³/mol. The average molecular weight is 342 g/mol. The molecular weight excluding hydrogens is 328 g/mol. The maximum atomic E-state index is 13.2. The first kappa shape index (κ1) is 15.0. The number of nitrogens with two attached hydrogens (primary N) is 1. The molecule has 3 nitrogen and oxygen atoms in total. The first-order valence-electron chi connectivity index (χ1n) is 6.07. The van der Waals surface area contributed by atoms with Crippen molar-refractivity contribution in [1.82, 2.24) is 10.4 Å². The highest BCUT2D eigenvalue weighted by Gasteiger charge is 2.11. The Morgan fingerprint density at radius 1 is 1.05 bits per heavy atom. The molecule has 0 bridgehead atoms. The zero-order chi connectivity index (χ0) is 14.5. The lowest BCUT2D eigenvalue weighted by atomic mass is 10.0. The van der Waals surface area contributed by atoms with E-state index in [1.807, 2.05) is 6.07 Å². The van der Waals surface area contributed by atoms with E-state index in [9.17, 15) is 8.78 Å². The number of hydrazine groups is 1. The van der Waals surface area contributed by atoms with Crippen LogP contribution in [0.15, 0.2) is 41.1 Å². The Bertz CT molecular complexity index is 572. The summed E-state index contributed by atoms with van der Waals surface area (Å²) in [4.78, 5) is 4.07. The molecule has 1 aromatic carbocycles. The third kappa shape index (κ3) is 4.33. The van der Waals surface area contributed by atoms with Gasteiger partial charge in [-0.3, -0.25) is 16.3 Å². The van der Waals surface area contributed by atoms with Crippen LogP contribution in [0, 0.1) is 11.6 Å². The second kappa shape index (κ2) is 6.88. The van der Waals surface area contributed by atoms with Gasteiger partial charge in [0.1, 0.15) is 11.6 Å².